The Balaban J connectivity index is 0. The zero-order valence-electron chi connectivity index (χ0n) is 14.2. The molecule has 0 saturated heterocycles. The molecular formula is C18H39AlO4. The van der Waals surface area contributed by atoms with Gasteiger partial charge in [-0.15, -0.1) is 0 Å². The van der Waals surface area contributed by atoms with Gasteiger partial charge in [-0.2, -0.15) is 5.26 Å². The smallest absolute Gasteiger partial charge is 0.342 e. The van der Waals surface area contributed by atoms with Gasteiger partial charge < -0.3 is 9.99 Å². The maximum Gasteiger partial charge on any atom is 0.342 e. The Labute approximate surface area is 153 Å². The lowest BCUT2D eigenvalue weighted by Gasteiger charge is -2.03. The molecule has 0 rings (SSSR count). The van der Waals surface area contributed by atoms with Crippen LogP contribution in [0, 0.1) is 0 Å². The van der Waals surface area contributed by atoms with Crippen molar-refractivity contribution >= 4 is 23.3 Å². The van der Waals surface area contributed by atoms with Crippen LogP contribution in [0.4, 0.5) is 0 Å². The molecular weight excluding hydrogens is 307 g/mol. The van der Waals surface area contributed by atoms with E-state index in [-0.39, 0.29) is 17.4 Å². The van der Waals surface area contributed by atoms with Gasteiger partial charge in [0, 0.05) is 13.0 Å². The summed E-state index contributed by atoms with van der Waals surface area (Å²) in [4.78, 5) is 14.3. The second kappa shape index (κ2) is 21.9. The number of aliphatic hydroxyl groups is 1. The Bertz CT molecular complexity index is 237. The molecule has 0 unspecified atom stereocenters. The molecule has 138 valence electrons. The molecule has 0 aromatic rings. The van der Waals surface area contributed by atoms with Crippen LogP contribution in [0.25, 0.3) is 0 Å². The Kier molecular flexibility index (Phi) is 24.0. The van der Waals surface area contributed by atoms with Crippen LogP contribution in [0.2, 0.25) is 0 Å². The minimum atomic E-state index is -0.520. The molecule has 2 N–H and O–H groups in total. The minimum absolute atomic E-state index is 0. The summed E-state index contributed by atoms with van der Waals surface area (Å²) in [6, 6.07) is 0. The number of carbonyl (C=O) groups excluding carboxylic acids is 1. The SMILES string of the molecule is O=C(CCCCCCCCCCCCCCCCCO)OO.[AlH3]. The minimum Gasteiger partial charge on any atom is -0.396 e. The van der Waals surface area contributed by atoms with E-state index in [0.29, 0.717) is 13.0 Å². The van der Waals surface area contributed by atoms with Gasteiger partial charge in [0.2, 0.25) is 0 Å². The van der Waals surface area contributed by atoms with Crippen LogP contribution in [0.15, 0.2) is 0 Å². The first-order chi connectivity index (χ1) is 10.8. The summed E-state index contributed by atoms with van der Waals surface area (Å²) in [6.45, 7) is 0.342. The number of hydrogen-bond donors (Lipinski definition) is 2. The highest BCUT2D eigenvalue weighted by atomic mass is 27.0. The monoisotopic (exact) mass is 346 g/mol. The molecule has 0 aromatic heterocycles. The lowest BCUT2D eigenvalue weighted by molar-refractivity contribution is -0.234. The van der Waals surface area contributed by atoms with Crippen LogP contribution in [0.3, 0.4) is 0 Å². The molecule has 0 fully saturated rings. The summed E-state index contributed by atoms with van der Waals surface area (Å²) in [7, 11) is 0. The van der Waals surface area contributed by atoms with Gasteiger partial charge in [-0.1, -0.05) is 83.5 Å². The Morgan fingerprint density at radius 2 is 0.913 bits per heavy atom. The maximum absolute atomic E-state index is 10.7. The molecule has 5 heteroatoms. The van der Waals surface area contributed by atoms with Crippen molar-refractivity contribution in [2.24, 2.45) is 0 Å². The number of hydrogen-bond acceptors (Lipinski definition) is 4. The number of unbranched alkanes of at least 4 members (excludes halogenated alkanes) is 14. The summed E-state index contributed by atoms with van der Waals surface area (Å²) in [6.07, 6.45) is 18.8. The second-order valence-electron chi connectivity index (χ2n) is 6.24. The van der Waals surface area contributed by atoms with E-state index < -0.39 is 5.97 Å². The van der Waals surface area contributed by atoms with Gasteiger partial charge in [0.05, 0.1) is 0 Å². The zero-order chi connectivity index (χ0) is 16.3. The standard InChI is InChI=1S/C18H36O4.Al.3H/c19-17-15-13-11-9-7-5-3-1-2-4-6-8-10-12-14-16-18(20)22-21;;;;/h19,21H,1-17H2;;;;. The maximum atomic E-state index is 10.7. The molecule has 0 heterocycles. The Hall–Kier alpha value is -0.0775. The number of rotatable bonds is 17. The van der Waals surface area contributed by atoms with Crippen molar-refractivity contribution < 1.29 is 20.0 Å². The van der Waals surface area contributed by atoms with Crippen molar-refractivity contribution in [2.75, 3.05) is 6.61 Å². The molecule has 0 aliphatic carbocycles. The van der Waals surface area contributed by atoms with Gasteiger partial charge in [0.25, 0.3) is 0 Å². The van der Waals surface area contributed by atoms with E-state index in [4.69, 9.17) is 10.4 Å². The Morgan fingerprint density at radius 3 is 1.22 bits per heavy atom. The molecule has 23 heavy (non-hydrogen) atoms. The Morgan fingerprint density at radius 1 is 0.609 bits per heavy atom. The van der Waals surface area contributed by atoms with Crippen molar-refractivity contribution in [3.05, 3.63) is 0 Å². The third-order valence-corrected chi connectivity index (χ3v) is 4.14. The first kappa shape index (κ1) is 25.2. The van der Waals surface area contributed by atoms with E-state index in [9.17, 15) is 4.79 Å². The van der Waals surface area contributed by atoms with Crippen LogP contribution < -0.4 is 0 Å². The van der Waals surface area contributed by atoms with Crippen molar-refractivity contribution in [3.8, 4) is 0 Å². The highest BCUT2D eigenvalue weighted by Crippen LogP contribution is 2.13. The van der Waals surface area contributed by atoms with Crippen molar-refractivity contribution in [1.82, 2.24) is 0 Å². The molecule has 0 amide bonds. The fraction of sp³-hybridized carbons (Fsp3) is 0.944. The molecule has 0 atom stereocenters. The molecule has 0 aliphatic rings. The largest absolute Gasteiger partial charge is 0.396 e. The van der Waals surface area contributed by atoms with E-state index in [1.807, 2.05) is 0 Å². The van der Waals surface area contributed by atoms with E-state index in [2.05, 4.69) is 4.89 Å². The van der Waals surface area contributed by atoms with E-state index in [0.717, 1.165) is 19.3 Å². The number of carbonyl (C=O) groups is 1. The van der Waals surface area contributed by atoms with E-state index in [1.165, 1.54) is 77.0 Å². The van der Waals surface area contributed by atoms with Gasteiger partial charge in [0.1, 0.15) is 0 Å². The zero-order valence-corrected chi connectivity index (χ0v) is 14.2. The summed E-state index contributed by atoms with van der Waals surface area (Å²) < 4.78 is 0. The molecule has 0 radical (unpaired) electrons. The first-order valence-electron chi connectivity index (χ1n) is 9.26. The van der Waals surface area contributed by atoms with Crippen molar-refractivity contribution in [3.63, 3.8) is 0 Å². The lowest BCUT2D eigenvalue weighted by Crippen LogP contribution is -1.99. The summed E-state index contributed by atoms with van der Waals surface area (Å²) in [5.74, 6) is -0.520. The molecule has 0 saturated carbocycles. The summed E-state index contributed by atoms with van der Waals surface area (Å²) >= 11 is 0. The van der Waals surface area contributed by atoms with Crippen LogP contribution in [0.1, 0.15) is 103 Å². The average molecular weight is 346 g/mol. The highest BCUT2D eigenvalue weighted by molar-refractivity contribution is 5.75. The topological polar surface area (TPSA) is 66.8 Å². The van der Waals surface area contributed by atoms with Gasteiger partial charge in [-0.05, 0) is 12.8 Å². The van der Waals surface area contributed by atoms with Gasteiger partial charge in [0.15, 0.2) is 17.4 Å². The molecule has 0 aliphatic heterocycles. The molecule has 0 bridgehead atoms. The normalized spacial score (nSPS) is 10.3. The van der Waals surface area contributed by atoms with Crippen molar-refractivity contribution in [2.45, 2.75) is 103 Å². The predicted molar refractivity (Wildman–Crippen MR) is 99.6 cm³/mol. The fourth-order valence-corrected chi connectivity index (χ4v) is 2.72. The number of aliphatic hydroxyl groups excluding tert-OH is 1. The molecule has 0 aromatic carbocycles. The lowest BCUT2D eigenvalue weighted by atomic mass is 10.0. The van der Waals surface area contributed by atoms with E-state index >= 15 is 0 Å². The van der Waals surface area contributed by atoms with Gasteiger partial charge >= 0.3 is 5.97 Å². The van der Waals surface area contributed by atoms with E-state index in [1.54, 1.807) is 0 Å². The summed E-state index contributed by atoms with van der Waals surface area (Å²) in [5, 5.41) is 16.8. The third-order valence-electron chi connectivity index (χ3n) is 4.14. The van der Waals surface area contributed by atoms with Crippen molar-refractivity contribution in [1.29, 1.82) is 0 Å². The fourth-order valence-electron chi connectivity index (χ4n) is 2.72. The predicted octanol–water partition coefficient (Wildman–Crippen LogP) is 4.05. The van der Waals surface area contributed by atoms with Crippen LogP contribution in [-0.2, 0) is 9.68 Å². The third kappa shape index (κ3) is 21.9. The highest BCUT2D eigenvalue weighted by Gasteiger charge is 2.00. The van der Waals surface area contributed by atoms with Crippen LogP contribution >= 0.6 is 0 Å². The molecule has 4 nitrogen and oxygen atoms in total. The average Bonchev–Trinajstić information content (AvgIpc) is 2.54. The van der Waals surface area contributed by atoms with Gasteiger partial charge in [-0.25, -0.2) is 4.79 Å². The summed E-state index contributed by atoms with van der Waals surface area (Å²) in [5.41, 5.74) is 0. The molecule has 0 spiro atoms. The van der Waals surface area contributed by atoms with Crippen LogP contribution in [0.5, 0.6) is 0 Å². The quantitative estimate of drug-likeness (QED) is 0.180. The first-order valence-corrected chi connectivity index (χ1v) is 9.26. The second-order valence-corrected chi connectivity index (χ2v) is 6.24. The van der Waals surface area contributed by atoms with Crippen LogP contribution in [-0.4, -0.2) is 40.3 Å². The van der Waals surface area contributed by atoms with Gasteiger partial charge in [-0.3, -0.25) is 0 Å².